The highest BCUT2D eigenvalue weighted by molar-refractivity contribution is 5.88. The molecule has 1 aliphatic carbocycles. The van der Waals surface area contributed by atoms with Crippen molar-refractivity contribution in [2.75, 3.05) is 46.1 Å². The molecule has 3 fully saturated rings. The lowest BCUT2D eigenvalue weighted by atomic mass is 9.72. The summed E-state index contributed by atoms with van der Waals surface area (Å²) in [6.07, 6.45) is 1.81. The van der Waals surface area contributed by atoms with Crippen LogP contribution in [0.3, 0.4) is 0 Å². The third kappa shape index (κ3) is 4.82. The van der Waals surface area contributed by atoms with E-state index in [1.165, 1.54) is 12.5 Å². The highest BCUT2D eigenvalue weighted by Gasteiger charge is 2.45. The molecule has 0 bridgehead atoms. The fraction of sp³-hybridized carbons (Fsp3) is 0.708. The molecule has 0 unspecified atom stereocenters. The van der Waals surface area contributed by atoms with Crippen molar-refractivity contribution >= 4 is 5.91 Å². The molecule has 2 aliphatic heterocycles. The van der Waals surface area contributed by atoms with Gasteiger partial charge in [0, 0.05) is 38.4 Å². The first-order valence-corrected chi connectivity index (χ1v) is 11.7. The van der Waals surface area contributed by atoms with Crippen LogP contribution in [0.25, 0.3) is 0 Å². The van der Waals surface area contributed by atoms with E-state index < -0.39 is 17.2 Å². The SMILES string of the molecule is O=C(NCC1(N2CCOCC2)CCCCC1)C1(c2cccc(C(F)(F)F)c2)CCOCC1. The number of alkyl halides is 3. The van der Waals surface area contributed by atoms with Gasteiger partial charge in [0.2, 0.25) is 5.91 Å². The van der Waals surface area contributed by atoms with E-state index in [0.717, 1.165) is 50.9 Å². The summed E-state index contributed by atoms with van der Waals surface area (Å²) < 4.78 is 51.1. The molecule has 0 spiro atoms. The highest BCUT2D eigenvalue weighted by atomic mass is 19.4. The van der Waals surface area contributed by atoms with Gasteiger partial charge in [0.15, 0.2) is 0 Å². The van der Waals surface area contributed by atoms with Crippen molar-refractivity contribution in [2.24, 2.45) is 0 Å². The average Bonchev–Trinajstić information content (AvgIpc) is 2.83. The zero-order valence-electron chi connectivity index (χ0n) is 18.5. The zero-order valence-corrected chi connectivity index (χ0v) is 18.5. The molecule has 1 aromatic rings. The Hall–Kier alpha value is -1.64. The molecule has 1 N–H and O–H groups in total. The van der Waals surface area contributed by atoms with Crippen molar-refractivity contribution < 1.29 is 27.4 Å². The Kier molecular flexibility index (Phi) is 7.12. The van der Waals surface area contributed by atoms with Gasteiger partial charge in [-0.2, -0.15) is 13.2 Å². The number of benzene rings is 1. The lowest BCUT2D eigenvalue weighted by molar-refractivity contribution is -0.138. The molecule has 178 valence electrons. The van der Waals surface area contributed by atoms with Crippen molar-refractivity contribution in [3.63, 3.8) is 0 Å². The van der Waals surface area contributed by atoms with Crippen molar-refractivity contribution in [1.29, 1.82) is 0 Å². The molecule has 5 nitrogen and oxygen atoms in total. The second kappa shape index (κ2) is 9.69. The Morgan fingerprint density at radius 2 is 1.62 bits per heavy atom. The van der Waals surface area contributed by atoms with E-state index >= 15 is 0 Å². The summed E-state index contributed by atoms with van der Waals surface area (Å²) in [7, 11) is 0. The second-order valence-electron chi connectivity index (χ2n) is 9.34. The van der Waals surface area contributed by atoms with Crippen LogP contribution < -0.4 is 5.32 Å². The first kappa shape index (κ1) is 23.5. The molecule has 1 amide bonds. The Morgan fingerprint density at radius 3 is 2.28 bits per heavy atom. The second-order valence-corrected chi connectivity index (χ2v) is 9.34. The van der Waals surface area contributed by atoms with Gasteiger partial charge in [-0.05, 0) is 37.3 Å². The van der Waals surface area contributed by atoms with Gasteiger partial charge in [-0.25, -0.2) is 0 Å². The maximum Gasteiger partial charge on any atom is 0.416 e. The number of nitrogens with one attached hydrogen (secondary N) is 1. The summed E-state index contributed by atoms with van der Waals surface area (Å²) in [6.45, 7) is 4.33. The molecule has 32 heavy (non-hydrogen) atoms. The van der Waals surface area contributed by atoms with Gasteiger partial charge in [0.05, 0.1) is 24.2 Å². The molecule has 3 aliphatic rings. The lowest BCUT2D eigenvalue weighted by Gasteiger charge is -2.48. The zero-order chi connectivity index (χ0) is 22.7. The summed E-state index contributed by atoms with van der Waals surface area (Å²) in [6, 6.07) is 5.25. The molecule has 1 aromatic carbocycles. The van der Waals surface area contributed by atoms with Crippen LogP contribution in [-0.4, -0.2) is 62.4 Å². The van der Waals surface area contributed by atoms with E-state index in [1.807, 2.05) is 0 Å². The molecular formula is C24H33F3N2O3. The number of ether oxygens (including phenoxy) is 2. The van der Waals surface area contributed by atoms with Crippen LogP contribution in [-0.2, 0) is 25.9 Å². The Bertz CT molecular complexity index is 781. The van der Waals surface area contributed by atoms with Gasteiger partial charge >= 0.3 is 6.18 Å². The molecule has 0 radical (unpaired) electrons. The maximum atomic E-state index is 13.7. The Morgan fingerprint density at radius 1 is 0.969 bits per heavy atom. The van der Waals surface area contributed by atoms with E-state index in [9.17, 15) is 18.0 Å². The van der Waals surface area contributed by atoms with E-state index in [4.69, 9.17) is 9.47 Å². The van der Waals surface area contributed by atoms with Crippen LogP contribution in [0.5, 0.6) is 0 Å². The number of hydrogen-bond acceptors (Lipinski definition) is 4. The number of carbonyl (C=O) groups is 1. The number of nitrogens with zero attached hydrogens (tertiary/aromatic N) is 1. The summed E-state index contributed by atoms with van der Waals surface area (Å²) in [4.78, 5) is 16.1. The minimum atomic E-state index is -4.44. The van der Waals surface area contributed by atoms with Gasteiger partial charge in [-0.3, -0.25) is 9.69 Å². The van der Waals surface area contributed by atoms with Crippen LogP contribution in [0.15, 0.2) is 24.3 Å². The van der Waals surface area contributed by atoms with Crippen molar-refractivity contribution in [3.8, 4) is 0 Å². The molecule has 0 atom stereocenters. The van der Waals surface area contributed by atoms with E-state index in [-0.39, 0.29) is 11.4 Å². The predicted molar refractivity (Wildman–Crippen MR) is 114 cm³/mol. The Labute approximate surface area is 187 Å². The number of rotatable bonds is 5. The van der Waals surface area contributed by atoms with Crippen LogP contribution in [0.2, 0.25) is 0 Å². The van der Waals surface area contributed by atoms with E-state index in [0.29, 0.717) is 51.4 Å². The third-order valence-electron chi connectivity index (χ3n) is 7.57. The first-order chi connectivity index (χ1) is 15.4. The summed E-state index contributed by atoms with van der Waals surface area (Å²) in [5.41, 5.74) is -1.39. The smallest absolute Gasteiger partial charge is 0.381 e. The van der Waals surface area contributed by atoms with Gasteiger partial charge in [-0.15, -0.1) is 0 Å². The summed E-state index contributed by atoms with van der Waals surface area (Å²) in [5, 5.41) is 3.20. The van der Waals surface area contributed by atoms with Crippen molar-refractivity contribution in [1.82, 2.24) is 10.2 Å². The lowest BCUT2D eigenvalue weighted by Crippen LogP contribution is -2.61. The Balaban J connectivity index is 1.57. The molecule has 2 heterocycles. The topological polar surface area (TPSA) is 50.8 Å². The molecule has 8 heteroatoms. The van der Waals surface area contributed by atoms with Crippen LogP contribution in [0, 0.1) is 0 Å². The molecular weight excluding hydrogens is 421 g/mol. The number of amides is 1. The standard InChI is InChI=1S/C24H33F3N2O3/c25-24(26,27)20-6-4-5-19(17-20)23(9-13-31-14-10-23)21(30)28-18-22(7-2-1-3-8-22)29-11-15-32-16-12-29/h4-6,17H,1-3,7-16,18H2,(H,28,30). The minimum absolute atomic E-state index is 0.0993. The molecule has 2 saturated heterocycles. The fourth-order valence-electron chi connectivity index (χ4n) is 5.63. The van der Waals surface area contributed by atoms with Crippen LogP contribution in [0.1, 0.15) is 56.1 Å². The van der Waals surface area contributed by atoms with Crippen LogP contribution in [0.4, 0.5) is 13.2 Å². The van der Waals surface area contributed by atoms with E-state index in [2.05, 4.69) is 10.2 Å². The van der Waals surface area contributed by atoms with Gasteiger partial charge in [-0.1, -0.05) is 37.5 Å². The van der Waals surface area contributed by atoms with Crippen molar-refractivity contribution in [2.45, 2.75) is 62.1 Å². The molecule has 1 saturated carbocycles. The van der Waals surface area contributed by atoms with Crippen LogP contribution >= 0.6 is 0 Å². The average molecular weight is 455 g/mol. The monoisotopic (exact) mass is 454 g/mol. The van der Waals surface area contributed by atoms with Gasteiger partial charge in [0.1, 0.15) is 0 Å². The minimum Gasteiger partial charge on any atom is -0.381 e. The quantitative estimate of drug-likeness (QED) is 0.733. The summed E-state index contributed by atoms with van der Waals surface area (Å²) >= 11 is 0. The molecule has 4 rings (SSSR count). The number of morpholine rings is 1. The third-order valence-corrected chi connectivity index (χ3v) is 7.57. The number of carbonyl (C=O) groups excluding carboxylic acids is 1. The van der Waals surface area contributed by atoms with E-state index in [1.54, 1.807) is 6.07 Å². The maximum absolute atomic E-state index is 13.7. The normalized spacial score (nSPS) is 24.1. The van der Waals surface area contributed by atoms with Crippen molar-refractivity contribution in [3.05, 3.63) is 35.4 Å². The highest BCUT2D eigenvalue weighted by Crippen LogP contribution is 2.39. The predicted octanol–water partition coefficient (Wildman–Crippen LogP) is 3.90. The largest absolute Gasteiger partial charge is 0.416 e. The fourth-order valence-corrected chi connectivity index (χ4v) is 5.63. The first-order valence-electron chi connectivity index (χ1n) is 11.7. The number of halogens is 3. The summed E-state index contributed by atoms with van der Waals surface area (Å²) in [5.74, 6) is -0.182. The van der Waals surface area contributed by atoms with Gasteiger partial charge in [0.25, 0.3) is 0 Å². The molecule has 0 aromatic heterocycles. The number of hydrogen-bond donors (Lipinski definition) is 1. The van der Waals surface area contributed by atoms with Gasteiger partial charge < -0.3 is 14.8 Å².